The van der Waals surface area contributed by atoms with E-state index in [1.165, 1.54) is 22.4 Å². The quantitative estimate of drug-likeness (QED) is 0.850. The van der Waals surface area contributed by atoms with Gasteiger partial charge in [-0.2, -0.15) is 0 Å². The van der Waals surface area contributed by atoms with Gasteiger partial charge in [0.15, 0.2) is 0 Å². The van der Waals surface area contributed by atoms with Crippen LogP contribution in [0.4, 0.5) is 5.95 Å². The summed E-state index contributed by atoms with van der Waals surface area (Å²) in [5.74, 6) is 0.805. The van der Waals surface area contributed by atoms with Crippen molar-refractivity contribution in [3.63, 3.8) is 0 Å². The number of rotatable bonds is 3. The number of ether oxygens (including phenoxy) is 1. The van der Waals surface area contributed by atoms with Crippen molar-refractivity contribution in [2.45, 2.75) is 38.8 Å². The average molecular weight is 352 g/mol. The summed E-state index contributed by atoms with van der Waals surface area (Å²) in [6.45, 7) is 8.69. The van der Waals surface area contributed by atoms with Crippen LogP contribution in [0, 0.1) is 13.8 Å². The molecule has 1 atom stereocenters. The van der Waals surface area contributed by atoms with Crippen LogP contribution in [0.1, 0.15) is 34.5 Å². The lowest BCUT2D eigenvalue weighted by molar-refractivity contribution is 0.0498. The molecule has 2 aliphatic rings. The molecule has 0 aliphatic carbocycles. The van der Waals surface area contributed by atoms with Gasteiger partial charge in [0.25, 0.3) is 0 Å². The zero-order valence-electron chi connectivity index (χ0n) is 16.2. The third kappa shape index (κ3) is 3.10. The molecule has 3 heterocycles. The summed E-state index contributed by atoms with van der Waals surface area (Å²) in [5.41, 5.74) is 6.16. The van der Waals surface area contributed by atoms with Crippen LogP contribution in [0.15, 0.2) is 24.3 Å². The molecule has 2 aromatic rings. The minimum atomic E-state index is -0.00410. The zero-order valence-corrected chi connectivity index (χ0v) is 16.2. The van der Waals surface area contributed by atoms with Gasteiger partial charge in [-0.15, -0.1) is 0 Å². The molecule has 0 N–H and O–H groups in total. The van der Waals surface area contributed by atoms with Crippen LogP contribution in [-0.4, -0.2) is 48.7 Å². The van der Waals surface area contributed by atoms with Gasteiger partial charge in [-0.05, 0) is 32.4 Å². The van der Waals surface area contributed by atoms with E-state index in [1.807, 2.05) is 19.0 Å². The Morgan fingerprint density at radius 3 is 2.85 bits per heavy atom. The molecule has 0 bridgehead atoms. The molecule has 4 rings (SSSR count). The van der Waals surface area contributed by atoms with E-state index in [4.69, 9.17) is 9.72 Å². The second kappa shape index (κ2) is 6.63. The van der Waals surface area contributed by atoms with Crippen molar-refractivity contribution in [1.29, 1.82) is 0 Å². The van der Waals surface area contributed by atoms with Crippen molar-refractivity contribution >= 4 is 5.95 Å². The number of hydrogen-bond acceptors (Lipinski definition) is 5. The Morgan fingerprint density at radius 1 is 1.23 bits per heavy atom. The lowest BCUT2D eigenvalue weighted by Crippen LogP contribution is -2.41. The van der Waals surface area contributed by atoms with E-state index in [-0.39, 0.29) is 5.41 Å². The minimum absolute atomic E-state index is 0.00410. The van der Waals surface area contributed by atoms with Gasteiger partial charge >= 0.3 is 0 Å². The third-order valence-corrected chi connectivity index (χ3v) is 5.65. The predicted octanol–water partition coefficient (Wildman–Crippen LogP) is 2.83. The molecule has 26 heavy (non-hydrogen) atoms. The minimum Gasteiger partial charge on any atom is -0.376 e. The topological polar surface area (TPSA) is 41.5 Å². The predicted molar refractivity (Wildman–Crippen MR) is 104 cm³/mol. The molecular formula is C21H28N4O. The standard InChI is InChI=1S/C21H28N4O/c1-15-6-5-7-17(10-15)11-25-9-8-21(13-25)14-26-12-18-16(2)22-20(24(3)4)23-19(18)21/h5-7,10H,8-9,11-14H2,1-4H3/t21-/m1/s1. The van der Waals surface area contributed by atoms with Crippen LogP contribution in [0.3, 0.4) is 0 Å². The molecule has 1 aromatic carbocycles. The lowest BCUT2D eigenvalue weighted by atomic mass is 9.80. The fourth-order valence-corrected chi connectivity index (χ4v) is 4.28. The largest absolute Gasteiger partial charge is 0.376 e. The van der Waals surface area contributed by atoms with Crippen molar-refractivity contribution in [1.82, 2.24) is 14.9 Å². The van der Waals surface area contributed by atoms with Gasteiger partial charge in [-0.25, -0.2) is 9.97 Å². The number of aryl methyl sites for hydroxylation is 2. The highest BCUT2D eigenvalue weighted by molar-refractivity contribution is 5.41. The molecule has 0 radical (unpaired) electrons. The SMILES string of the molecule is Cc1cccc(CN2CC[C@]3(COCc4c(C)nc(N(C)C)nc43)C2)c1. The van der Waals surface area contributed by atoms with Crippen molar-refractivity contribution in [2.75, 3.05) is 38.7 Å². The fourth-order valence-electron chi connectivity index (χ4n) is 4.28. The van der Waals surface area contributed by atoms with Gasteiger partial charge in [0.1, 0.15) is 0 Å². The molecule has 1 aromatic heterocycles. The van der Waals surface area contributed by atoms with E-state index in [0.717, 1.165) is 44.3 Å². The number of benzene rings is 1. The summed E-state index contributed by atoms with van der Waals surface area (Å²) in [7, 11) is 4.01. The summed E-state index contributed by atoms with van der Waals surface area (Å²) in [4.78, 5) is 14.2. The molecule has 5 heteroatoms. The van der Waals surface area contributed by atoms with Gasteiger partial charge in [-0.1, -0.05) is 29.8 Å². The lowest BCUT2D eigenvalue weighted by Gasteiger charge is -2.35. The van der Waals surface area contributed by atoms with E-state index >= 15 is 0 Å². The van der Waals surface area contributed by atoms with Crippen molar-refractivity contribution in [2.24, 2.45) is 0 Å². The second-order valence-corrected chi connectivity index (χ2v) is 8.05. The Balaban J connectivity index is 1.63. The van der Waals surface area contributed by atoms with Gasteiger partial charge in [0.2, 0.25) is 5.95 Å². The van der Waals surface area contributed by atoms with E-state index in [9.17, 15) is 0 Å². The Morgan fingerprint density at radius 2 is 2.08 bits per heavy atom. The number of aromatic nitrogens is 2. The first-order valence-electron chi connectivity index (χ1n) is 9.38. The molecular weight excluding hydrogens is 324 g/mol. The molecule has 5 nitrogen and oxygen atoms in total. The monoisotopic (exact) mass is 352 g/mol. The van der Waals surface area contributed by atoms with Gasteiger partial charge in [0, 0.05) is 38.4 Å². The van der Waals surface area contributed by atoms with Crippen LogP contribution < -0.4 is 4.90 Å². The Hall–Kier alpha value is -1.98. The van der Waals surface area contributed by atoms with Gasteiger partial charge in [0.05, 0.1) is 24.3 Å². The number of anilines is 1. The zero-order chi connectivity index (χ0) is 18.3. The maximum absolute atomic E-state index is 6.01. The molecule has 1 saturated heterocycles. The van der Waals surface area contributed by atoms with Crippen LogP contribution in [-0.2, 0) is 23.3 Å². The highest BCUT2D eigenvalue weighted by Gasteiger charge is 2.45. The smallest absolute Gasteiger partial charge is 0.225 e. The first kappa shape index (κ1) is 17.4. The number of likely N-dealkylation sites (tertiary alicyclic amines) is 1. The number of fused-ring (bicyclic) bond motifs is 2. The Labute approximate surface area is 156 Å². The number of nitrogens with zero attached hydrogens (tertiary/aromatic N) is 4. The molecule has 0 saturated carbocycles. The van der Waals surface area contributed by atoms with Crippen LogP contribution >= 0.6 is 0 Å². The normalized spacial score (nSPS) is 22.6. The maximum atomic E-state index is 6.01. The van der Waals surface area contributed by atoms with Crippen molar-refractivity contribution in [3.05, 3.63) is 52.3 Å². The van der Waals surface area contributed by atoms with Crippen molar-refractivity contribution in [3.8, 4) is 0 Å². The molecule has 2 aliphatic heterocycles. The van der Waals surface area contributed by atoms with Gasteiger partial charge < -0.3 is 9.64 Å². The van der Waals surface area contributed by atoms with Crippen LogP contribution in [0.5, 0.6) is 0 Å². The fraction of sp³-hybridized carbons (Fsp3) is 0.524. The summed E-state index contributed by atoms with van der Waals surface area (Å²) >= 11 is 0. The Kier molecular flexibility index (Phi) is 4.45. The Bertz CT molecular complexity index is 820. The summed E-state index contributed by atoms with van der Waals surface area (Å²) in [6.07, 6.45) is 1.09. The average Bonchev–Trinajstić information content (AvgIpc) is 2.99. The summed E-state index contributed by atoms with van der Waals surface area (Å²) in [6, 6.07) is 8.81. The summed E-state index contributed by atoms with van der Waals surface area (Å²) < 4.78 is 6.01. The van der Waals surface area contributed by atoms with Crippen LogP contribution in [0.2, 0.25) is 0 Å². The van der Waals surface area contributed by atoms with Crippen LogP contribution in [0.25, 0.3) is 0 Å². The highest BCUT2D eigenvalue weighted by Crippen LogP contribution is 2.40. The summed E-state index contributed by atoms with van der Waals surface area (Å²) in [5, 5.41) is 0. The maximum Gasteiger partial charge on any atom is 0.225 e. The van der Waals surface area contributed by atoms with E-state index in [0.29, 0.717) is 6.61 Å². The highest BCUT2D eigenvalue weighted by atomic mass is 16.5. The van der Waals surface area contributed by atoms with E-state index in [2.05, 4.69) is 48.0 Å². The molecule has 0 amide bonds. The van der Waals surface area contributed by atoms with Gasteiger partial charge in [-0.3, -0.25) is 4.90 Å². The second-order valence-electron chi connectivity index (χ2n) is 8.05. The molecule has 0 unspecified atom stereocenters. The number of hydrogen-bond donors (Lipinski definition) is 0. The first-order chi connectivity index (χ1) is 12.5. The molecule has 1 spiro atoms. The molecule has 1 fully saturated rings. The third-order valence-electron chi connectivity index (χ3n) is 5.65. The molecule has 138 valence electrons. The first-order valence-corrected chi connectivity index (χ1v) is 9.38. The van der Waals surface area contributed by atoms with E-state index in [1.54, 1.807) is 0 Å². The van der Waals surface area contributed by atoms with Crippen molar-refractivity contribution < 1.29 is 4.74 Å². The van der Waals surface area contributed by atoms with E-state index < -0.39 is 0 Å².